The summed E-state index contributed by atoms with van der Waals surface area (Å²) in [7, 11) is 0. The minimum atomic E-state index is -0.0467. The van der Waals surface area contributed by atoms with Crippen molar-refractivity contribution in [2.24, 2.45) is 0 Å². The fourth-order valence-corrected chi connectivity index (χ4v) is 2.96. The molecule has 27 heavy (non-hydrogen) atoms. The third kappa shape index (κ3) is 4.73. The second-order valence-electron chi connectivity index (χ2n) is 6.69. The molecule has 0 fully saturated rings. The number of carbonyl (C=O) groups excluding carboxylic acids is 1. The summed E-state index contributed by atoms with van der Waals surface area (Å²) in [4.78, 5) is 19.0. The number of anilines is 2. The normalized spacial score (nSPS) is 10.5. The van der Waals surface area contributed by atoms with E-state index < -0.39 is 0 Å². The summed E-state index contributed by atoms with van der Waals surface area (Å²) < 4.78 is 0. The van der Waals surface area contributed by atoms with E-state index in [2.05, 4.69) is 41.5 Å². The molecule has 4 nitrogen and oxygen atoms in total. The van der Waals surface area contributed by atoms with E-state index in [-0.39, 0.29) is 5.91 Å². The lowest BCUT2D eigenvalue weighted by Gasteiger charge is -2.21. The molecule has 0 saturated carbocycles. The van der Waals surface area contributed by atoms with Crippen LogP contribution in [0.1, 0.15) is 34.0 Å². The van der Waals surface area contributed by atoms with Gasteiger partial charge < -0.3 is 10.2 Å². The van der Waals surface area contributed by atoms with Crippen molar-refractivity contribution in [1.82, 2.24) is 4.98 Å². The minimum absolute atomic E-state index is 0.0467. The number of hydrogen-bond acceptors (Lipinski definition) is 3. The first kappa shape index (κ1) is 18.6. The lowest BCUT2D eigenvalue weighted by atomic mass is 10.1. The summed E-state index contributed by atoms with van der Waals surface area (Å²) in [6.07, 6.45) is 3.37. The minimum Gasteiger partial charge on any atom is -0.380 e. The average Bonchev–Trinajstić information content (AvgIpc) is 2.68. The molecule has 0 aliphatic rings. The summed E-state index contributed by atoms with van der Waals surface area (Å²) in [5.74, 6) is -0.0467. The Morgan fingerprint density at radius 3 is 2.48 bits per heavy atom. The quantitative estimate of drug-likeness (QED) is 0.675. The van der Waals surface area contributed by atoms with E-state index in [1.807, 2.05) is 44.2 Å². The molecule has 4 heteroatoms. The van der Waals surface area contributed by atoms with E-state index >= 15 is 0 Å². The first-order chi connectivity index (χ1) is 13.1. The first-order valence-electron chi connectivity index (χ1n) is 9.20. The maximum atomic E-state index is 13.0. The molecule has 0 unspecified atom stereocenters. The predicted octanol–water partition coefficient (Wildman–Crippen LogP) is 4.98. The predicted molar refractivity (Wildman–Crippen MR) is 111 cm³/mol. The van der Waals surface area contributed by atoms with Crippen molar-refractivity contribution in [2.45, 2.75) is 27.3 Å². The Labute approximate surface area is 160 Å². The fourth-order valence-electron chi connectivity index (χ4n) is 2.96. The van der Waals surface area contributed by atoms with E-state index in [0.29, 0.717) is 18.7 Å². The first-order valence-corrected chi connectivity index (χ1v) is 9.20. The molecule has 1 amide bonds. The SMILES string of the molecule is CCN(C(=O)c1cncc(NCc2ccc(C)cc2)c1)c1cccc(C)c1. The van der Waals surface area contributed by atoms with Gasteiger partial charge in [0.15, 0.2) is 0 Å². The number of nitrogens with zero attached hydrogens (tertiary/aromatic N) is 2. The van der Waals surface area contributed by atoms with Crippen LogP contribution in [-0.4, -0.2) is 17.4 Å². The number of amides is 1. The lowest BCUT2D eigenvalue weighted by Crippen LogP contribution is -2.30. The molecular weight excluding hydrogens is 334 g/mol. The van der Waals surface area contributed by atoms with E-state index in [1.54, 1.807) is 17.3 Å². The second kappa shape index (κ2) is 8.49. The van der Waals surface area contributed by atoms with Crippen LogP contribution in [0.3, 0.4) is 0 Å². The van der Waals surface area contributed by atoms with Gasteiger partial charge in [0.05, 0.1) is 11.3 Å². The van der Waals surface area contributed by atoms with Crippen molar-refractivity contribution in [1.29, 1.82) is 0 Å². The molecule has 0 radical (unpaired) electrons. The van der Waals surface area contributed by atoms with Gasteiger partial charge in [0, 0.05) is 31.2 Å². The second-order valence-corrected chi connectivity index (χ2v) is 6.69. The third-order valence-corrected chi connectivity index (χ3v) is 4.48. The Balaban J connectivity index is 1.75. The highest BCUT2D eigenvalue weighted by molar-refractivity contribution is 6.06. The molecule has 1 heterocycles. The zero-order valence-electron chi connectivity index (χ0n) is 16.1. The number of nitrogens with one attached hydrogen (secondary N) is 1. The van der Waals surface area contributed by atoms with Gasteiger partial charge in [0.1, 0.15) is 0 Å². The summed E-state index contributed by atoms with van der Waals surface area (Å²) in [6.45, 7) is 7.37. The molecule has 3 aromatic rings. The summed E-state index contributed by atoms with van der Waals surface area (Å²) >= 11 is 0. The van der Waals surface area contributed by atoms with Crippen molar-refractivity contribution in [3.8, 4) is 0 Å². The summed E-state index contributed by atoms with van der Waals surface area (Å²) in [5.41, 5.74) is 5.87. The largest absolute Gasteiger partial charge is 0.380 e. The number of carbonyl (C=O) groups is 1. The molecule has 3 rings (SSSR count). The average molecular weight is 359 g/mol. The van der Waals surface area contributed by atoms with Gasteiger partial charge in [-0.05, 0) is 50.1 Å². The Morgan fingerprint density at radius 2 is 1.78 bits per heavy atom. The summed E-state index contributed by atoms with van der Waals surface area (Å²) in [5, 5.41) is 3.35. The van der Waals surface area contributed by atoms with Crippen LogP contribution in [0.2, 0.25) is 0 Å². The van der Waals surface area contributed by atoms with E-state index in [4.69, 9.17) is 0 Å². The third-order valence-electron chi connectivity index (χ3n) is 4.48. The zero-order valence-corrected chi connectivity index (χ0v) is 16.1. The van der Waals surface area contributed by atoms with Crippen LogP contribution in [0.15, 0.2) is 67.0 Å². The van der Waals surface area contributed by atoms with E-state index in [1.165, 1.54) is 11.1 Å². The smallest absolute Gasteiger partial charge is 0.259 e. The Morgan fingerprint density at radius 1 is 1.00 bits per heavy atom. The van der Waals surface area contributed by atoms with Crippen LogP contribution in [-0.2, 0) is 6.54 Å². The maximum absolute atomic E-state index is 13.0. The van der Waals surface area contributed by atoms with Gasteiger partial charge in [-0.3, -0.25) is 9.78 Å². The van der Waals surface area contributed by atoms with Gasteiger partial charge in [0.2, 0.25) is 0 Å². The van der Waals surface area contributed by atoms with Gasteiger partial charge in [-0.15, -0.1) is 0 Å². The molecular formula is C23H25N3O. The summed E-state index contributed by atoms with van der Waals surface area (Å²) in [6, 6.07) is 18.2. The van der Waals surface area contributed by atoms with Crippen LogP contribution < -0.4 is 10.2 Å². The van der Waals surface area contributed by atoms with Crippen molar-refractivity contribution in [3.63, 3.8) is 0 Å². The monoisotopic (exact) mass is 359 g/mol. The van der Waals surface area contributed by atoms with Crippen molar-refractivity contribution in [2.75, 3.05) is 16.8 Å². The maximum Gasteiger partial charge on any atom is 0.259 e. The van der Waals surface area contributed by atoms with Gasteiger partial charge in [-0.1, -0.05) is 42.0 Å². The van der Waals surface area contributed by atoms with Crippen LogP contribution in [0, 0.1) is 13.8 Å². The van der Waals surface area contributed by atoms with Gasteiger partial charge in [-0.2, -0.15) is 0 Å². The molecule has 2 aromatic carbocycles. The topological polar surface area (TPSA) is 45.2 Å². The number of rotatable bonds is 6. The number of aryl methyl sites for hydroxylation is 2. The van der Waals surface area contributed by atoms with Crippen molar-refractivity contribution in [3.05, 3.63) is 89.2 Å². The van der Waals surface area contributed by atoms with Gasteiger partial charge >= 0.3 is 0 Å². The van der Waals surface area contributed by atoms with Crippen LogP contribution >= 0.6 is 0 Å². The number of aromatic nitrogens is 1. The molecule has 138 valence electrons. The molecule has 0 saturated heterocycles. The molecule has 0 aliphatic carbocycles. The highest BCUT2D eigenvalue weighted by Gasteiger charge is 2.17. The van der Waals surface area contributed by atoms with Crippen LogP contribution in [0.25, 0.3) is 0 Å². The Kier molecular flexibility index (Phi) is 5.87. The zero-order chi connectivity index (χ0) is 19.2. The Hall–Kier alpha value is -3.14. The molecule has 0 aliphatic heterocycles. The molecule has 1 N–H and O–H groups in total. The van der Waals surface area contributed by atoms with Crippen molar-refractivity contribution < 1.29 is 4.79 Å². The van der Waals surface area contributed by atoms with Crippen LogP contribution in [0.5, 0.6) is 0 Å². The van der Waals surface area contributed by atoms with Gasteiger partial charge in [0.25, 0.3) is 5.91 Å². The number of hydrogen-bond donors (Lipinski definition) is 1. The molecule has 0 bridgehead atoms. The van der Waals surface area contributed by atoms with Gasteiger partial charge in [-0.25, -0.2) is 0 Å². The van der Waals surface area contributed by atoms with E-state index in [0.717, 1.165) is 16.9 Å². The number of benzene rings is 2. The Bertz CT molecular complexity index is 919. The lowest BCUT2D eigenvalue weighted by molar-refractivity contribution is 0.0988. The standard InChI is InChI=1S/C23H25N3O/c1-4-26(22-7-5-6-18(3)12-22)23(27)20-13-21(16-24-15-20)25-14-19-10-8-17(2)9-11-19/h5-13,15-16,25H,4,14H2,1-3H3. The highest BCUT2D eigenvalue weighted by Crippen LogP contribution is 2.20. The number of pyridine rings is 1. The molecule has 0 spiro atoms. The van der Waals surface area contributed by atoms with Crippen molar-refractivity contribution >= 4 is 17.3 Å². The van der Waals surface area contributed by atoms with Crippen LogP contribution in [0.4, 0.5) is 11.4 Å². The fraction of sp³-hybridized carbons (Fsp3) is 0.217. The molecule has 0 atom stereocenters. The molecule has 1 aromatic heterocycles. The highest BCUT2D eigenvalue weighted by atomic mass is 16.2. The van der Waals surface area contributed by atoms with E-state index in [9.17, 15) is 4.79 Å².